The van der Waals surface area contributed by atoms with Crippen LogP contribution in [0.25, 0.3) is 0 Å². The fourth-order valence-electron chi connectivity index (χ4n) is 1.91. The van der Waals surface area contributed by atoms with Crippen molar-refractivity contribution in [3.8, 4) is 0 Å². The highest BCUT2D eigenvalue weighted by atomic mass is 35.7. The SMILES string of the molecule is CCN(C1CC1)S(=O)(=O)c1cccc(S(=O)(=O)Cl)c1. The Morgan fingerprint density at radius 2 is 1.79 bits per heavy atom. The van der Waals surface area contributed by atoms with Crippen LogP contribution in [0.2, 0.25) is 0 Å². The maximum atomic E-state index is 12.4. The zero-order valence-corrected chi connectivity index (χ0v) is 12.7. The molecule has 0 spiro atoms. The highest BCUT2D eigenvalue weighted by Gasteiger charge is 2.37. The molecule has 0 bridgehead atoms. The average Bonchev–Trinajstić information content (AvgIpc) is 3.13. The molecule has 19 heavy (non-hydrogen) atoms. The number of halogens is 1. The zero-order chi connectivity index (χ0) is 14.3. The average molecular weight is 324 g/mol. The van der Waals surface area contributed by atoms with E-state index in [-0.39, 0.29) is 15.8 Å². The summed E-state index contributed by atoms with van der Waals surface area (Å²) in [6.07, 6.45) is 1.70. The van der Waals surface area contributed by atoms with Crippen LogP contribution < -0.4 is 0 Å². The van der Waals surface area contributed by atoms with E-state index in [0.29, 0.717) is 6.54 Å². The fraction of sp³-hybridized carbons (Fsp3) is 0.455. The molecule has 0 radical (unpaired) electrons. The van der Waals surface area contributed by atoms with Gasteiger partial charge in [0.05, 0.1) is 9.79 Å². The maximum Gasteiger partial charge on any atom is 0.261 e. The molecule has 1 aromatic rings. The molecule has 1 aliphatic rings. The van der Waals surface area contributed by atoms with Crippen LogP contribution in [0.15, 0.2) is 34.1 Å². The number of hydrogen-bond donors (Lipinski definition) is 0. The fourth-order valence-corrected chi connectivity index (χ4v) is 4.52. The molecular formula is C11H14ClNO4S2. The summed E-state index contributed by atoms with van der Waals surface area (Å²) in [6.45, 7) is 2.13. The van der Waals surface area contributed by atoms with Gasteiger partial charge in [0.2, 0.25) is 10.0 Å². The van der Waals surface area contributed by atoms with E-state index < -0.39 is 19.1 Å². The summed E-state index contributed by atoms with van der Waals surface area (Å²) in [6, 6.07) is 5.16. The molecule has 0 amide bonds. The summed E-state index contributed by atoms with van der Waals surface area (Å²) in [5, 5.41) is 0. The lowest BCUT2D eigenvalue weighted by atomic mass is 10.4. The van der Waals surface area contributed by atoms with E-state index in [4.69, 9.17) is 10.7 Å². The van der Waals surface area contributed by atoms with Crippen molar-refractivity contribution in [3.63, 3.8) is 0 Å². The molecule has 1 aliphatic carbocycles. The normalized spacial score (nSPS) is 16.8. The van der Waals surface area contributed by atoms with E-state index in [1.165, 1.54) is 22.5 Å². The summed E-state index contributed by atoms with van der Waals surface area (Å²) in [5.41, 5.74) is 0. The van der Waals surface area contributed by atoms with E-state index in [9.17, 15) is 16.8 Å². The highest BCUT2D eigenvalue weighted by Crippen LogP contribution is 2.32. The number of sulfonamides is 1. The second-order valence-corrected chi connectivity index (χ2v) is 8.81. The summed E-state index contributed by atoms with van der Waals surface area (Å²) in [5.74, 6) is 0. The third-order valence-electron chi connectivity index (χ3n) is 2.96. The van der Waals surface area contributed by atoms with Gasteiger partial charge in [0.1, 0.15) is 0 Å². The summed E-state index contributed by atoms with van der Waals surface area (Å²) in [4.78, 5) is -0.245. The minimum Gasteiger partial charge on any atom is -0.207 e. The van der Waals surface area contributed by atoms with E-state index in [0.717, 1.165) is 18.9 Å². The number of rotatable bonds is 5. The highest BCUT2D eigenvalue weighted by molar-refractivity contribution is 8.13. The topological polar surface area (TPSA) is 71.5 Å². The molecule has 1 saturated carbocycles. The summed E-state index contributed by atoms with van der Waals surface area (Å²) in [7, 11) is -2.36. The van der Waals surface area contributed by atoms with Gasteiger partial charge in [-0.2, -0.15) is 4.31 Å². The van der Waals surface area contributed by atoms with Gasteiger partial charge in [0, 0.05) is 23.3 Å². The van der Waals surface area contributed by atoms with Gasteiger partial charge in [0.25, 0.3) is 9.05 Å². The van der Waals surface area contributed by atoms with Crippen LogP contribution in [0.4, 0.5) is 0 Å². The Balaban J connectivity index is 2.46. The van der Waals surface area contributed by atoms with Crippen molar-refractivity contribution in [2.75, 3.05) is 6.54 Å². The van der Waals surface area contributed by atoms with E-state index in [1.807, 2.05) is 0 Å². The monoisotopic (exact) mass is 323 g/mol. The van der Waals surface area contributed by atoms with Crippen molar-refractivity contribution < 1.29 is 16.8 Å². The zero-order valence-electron chi connectivity index (χ0n) is 10.3. The van der Waals surface area contributed by atoms with Gasteiger partial charge in [-0.3, -0.25) is 0 Å². The second-order valence-electron chi connectivity index (χ2n) is 4.35. The van der Waals surface area contributed by atoms with Crippen LogP contribution in [-0.2, 0) is 19.1 Å². The van der Waals surface area contributed by atoms with Gasteiger partial charge < -0.3 is 0 Å². The van der Waals surface area contributed by atoms with Crippen molar-refractivity contribution in [2.45, 2.75) is 35.6 Å². The number of hydrogen-bond acceptors (Lipinski definition) is 4. The predicted molar refractivity (Wildman–Crippen MR) is 72.1 cm³/mol. The van der Waals surface area contributed by atoms with Crippen LogP contribution in [0, 0.1) is 0 Å². The molecule has 0 unspecified atom stereocenters. The molecule has 1 fully saturated rings. The molecule has 0 aromatic heterocycles. The predicted octanol–water partition coefficient (Wildman–Crippen LogP) is 1.79. The summed E-state index contributed by atoms with van der Waals surface area (Å²) >= 11 is 0. The van der Waals surface area contributed by atoms with E-state index in [2.05, 4.69) is 0 Å². The third-order valence-corrected chi connectivity index (χ3v) is 6.33. The molecule has 2 rings (SSSR count). The Kier molecular flexibility index (Phi) is 3.92. The van der Waals surface area contributed by atoms with E-state index >= 15 is 0 Å². The van der Waals surface area contributed by atoms with Gasteiger partial charge in [-0.25, -0.2) is 16.8 Å². The molecule has 106 valence electrons. The van der Waals surface area contributed by atoms with Gasteiger partial charge >= 0.3 is 0 Å². The Morgan fingerprint density at radius 3 is 2.26 bits per heavy atom. The van der Waals surface area contributed by atoms with Gasteiger partial charge in [-0.1, -0.05) is 13.0 Å². The lowest BCUT2D eigenvalue weighted by Crippen LogP contribution is -2.32. The second kappa shape index (κ2) is 5.05. The minimum absolute atomic E-state index is 0.0336. The lowest BCUT2D eigenvalue weighted by molar-refractivity contribution is 0.421. The van der Waals surface area contributed by atoms with Crippen molar-refractivity contribution in [1.82, 2.24) is 4.31 Å². The van der Waals surface area contributed by atoms with Crippen LogP contribution >= 0.6 is 10.7 Å². The van der Waals surface area contributed by atoms with Crippen LogP contribution in [0.3, 0.4) is 0 Å². The molecule has 8 heteroatoms. The molecule has 1 aromatic carbocycles. The Hall–Kier alpha value is -0.630. The Labute approximate surface area is 117 Å². The molecular weight excluding hydrogens is 310 g/mol. The van der Waals surface area contributed by atoms with Crippen molar-refractivity contribution in [1.29, 1.82) is 0 Å². The summed E-state index contributed by atoms with van der Waals surface area (Å²) < 4.78 is 48.7. The largest absolute Gasteiger partial charge is 0.261 e. The van der Waals surface area contributed by atoms with Crippen molar-refractivity contribution in [2.24, 2.45) is 0 Å². The maximum absolute atomic E-state index is 12.4. The van der Waals surface area contributed by atoms with E-state index in [1.54, 1.807) is 6.92 Å². The first-order valence-corrected chi connectivity index (χ1v) is 9.58. The number of benzene rings is 1. The molecule has 0 aliphatic heterocycles. The minimum atomic E-state index is -3.93. The van der Waals surface area contributed by atoms with Gasteiger partial charge in [-0.15, -0.1) is 0 Å². The third kappa shape index (κ3) is 3.10. The van der Waals surface area contributed by atoms with Gasteiger partial charge in [0.15, 0.2) is 0 Å². The smallest absolute Gasteiger partial charge is 0.207 e. The van der Waals surface area contributed by atoms with Crippen LogP contribution in [0.1, 0.15) is 19.8 Å². The van der Waals surface area contributed by atoms with Crippen molar-refractivity contribution in [3.05, 3.63) is 24.3 Å². The number of nitrogens with zero attached hydrogens (tertiary/aromatic N) is 1. The first kappa shape index (κ1) is 14.8. The van der Waals surface area contributed by atoms with Gasteiger partial charge in [-0.05, 0) is 31.0 Å². The Bertz CT molecular complexity index is 680. The van der Waals surface area contributed by atoms with Crippen LogP contribution in [-0.4, -0.2) is 33.7 Å². The Morgan fingerprint density at radius 1 is 1.21 bits per heavy atom. The first-order valence-electron chi connectivity index (χ1n) is 5.83. The quantitative estimate of drug-likeness (QED) is 0.774. The lowest BCUT2D eigenvalue weighted by Gasteiger charge is -2.20. The molecule has 5 nitrogen and oxygen atoms in total. The molecule has 0 N–H and O–H groups in total. The molecule has 0 atom stereocenters. The molecule has 0 heterocycles. The first-order chi connectivity index (χ1) is 8.76. The van der Waals surface area contributed by atoms with Crippen molar-refractivity contribution >= 4 is 29.8 Å². The van der Waals surface area contributed by atoms with Crippen LogP contribution in [0.5, 0.6) is 0 Å². The molecule has 0 saturated heterocycles. The standard InChI is InChI=1S/C11H14ClNO4S2/c1-2-13(9-6-7-9)19(16,17)11-5-3-4-10(8-11)18(12,14)15/h3-5,8-9H,2,6-7H2,1H3.